The average molecular weight is 303 g/mol. The van der Waals surface area contributed by atoms with E-state index in [4.69, 9.17) is 11.6 Å². The predicted molar refractivity (Wildman–Crippen MR) is 69.3 cm³/mol. The molecule has 0 aromatic heterocycles. The monoisotopic (exact) mass is 301 g/mol. The van der Waals surface area contributed by atoms with Crippen LogP contribution in [0.15, 0.2) is 24.3 Å². The molecule has 1 aliphatic rings. The minimum absolute atomic E-state index is 0.0875. The first kappa shape index (κ1) is 11.9. The lowest BCUT2D eigenvalue weighted by Gasteiger charge is -2.23. The van der Waals surface area contributed by atoms with Crippen molar-refractivity contribution in [1.82, 2.24) is 4.90 Å². The molecule has 16 heavy (non-hydrogen) atoms. The maximum absolute atomic E-state index is 12.2. The van der Waals surface area contributed by atoms with E-state index in [1.54, 1.807) is 12.1 Å². The third kappa shape index (κ3) is 2.41. The minimum atomic E-state index is 0.0875. The Bertz CT molecular complexity index is 396. The largest absolute Gasteiger partial charge is 0.335 e. The van der Waals surface area contributed by atoms with E-state index >= 15 is 0 Å². The van der Waals surface area contributed by atoms with Crippen molar-refractivity contribution in [1.29, 1.82) is 0 Å². The Labute approximate surface area is 109 Å². The highest BCUT2D eigenvalue weighted by Gasteiger charge is 2.28. The first-order chi connectivity index (χ1) is 7.72. The summed E-state index contributed by atoms with van der Waals surface area (Å²) in [5, 5.41) is 1.46. The van der Waals surface area contributed by atoms with Crippen LogP contribution in [0, 0.1) is 0 Å². The number of alkyl halides is 1. The molecule has 0 spiro atoms. The lowest BCUT2D eigenvalue weighted by atomic mass is 10.2. The van der Waals surface area contributed by atoms with E-state index in [1.165, 1.54) is 0 Å². The molecule has 1 saturated heterocycles. The fraction of sp³-hybridized carbons (Fsp3) is 0.417. The van der Waals surface area contributed by atoms with Crippen molar-refractivity contribution < 1.29 is 4.79 Å². The van der Waals surface area contributed by atoms with Crippen molar-refractivity contribution in [3.05, 3.63) is 34.9 Å². The highest BCUT2D eigenvalue weighted by Crippen LogP contribution is 2.22. The number of likely N-dealkylation sites (tertiary alicyclic amines) is 1. The van der Waals surface area contributed by atoms with Gasteiger partial charge in [0.05, 0.1) is 0 Å². The molecule has 0 aliphatic carbocycles. The van der Waals surface area contributed by atoms with Gasteiger partial charge in [0.15, 0.2) is 0 Å². The number of rotatable bonds is 2. The fourth-order valence-corrected chi connectivity index (χ4v) is 2.91. The normalized spacial score (nSPS) is 20.1. The van der Waals surface area contributed by atoms with Gasteiger partial charge in [-0.1, -0.05) is 33.6 Å². The van der Waals surface area contributed by atoms with Gasteiger partial charge in [0.25, 0.3) is 5.91 Å². The summed E-state index contributed by atoms with van der Waals surface area (Å²) in [4.78, 5) is 14.1. The third-order valence-electron chi connectivity index (χ3n) is 2.89. The molecule has 0 radical (unpaired) electrons. The zero-order valence-electron chi connectivity index (χ0n) is 8.83. The second kappa shape index (κ2) is 5.19. The number of hydrogen-bond donors (Lipinski definition) is 0. The lowest BCUT2D eigenvalue weighted by molar-refractivity contribution is 0.0750. The van der Waals surface area contributed by atoms with Gasteiger partial charge < -0.3 is 4.90 Å². The van der Waals surface area contributed by atoms with Crippen molar-refractivity contribution in [3.63, 3.8) is 0 Å². The number of amides is 1. The van der Waals surface area contributed by atoms with Crippen molar-refractivity contribution in [2.24, 2.45) is 0 Å². The van der Waals surface area contributed by atoms with Crippen LogP contribution in [0.25, 0.3) is 0 Å². The Morgan fingerprint density at radius 1 is 1.56 bits per heavy atom. The summed E-state index contributed by atoms with van der Waals surface area (Å²) in [6, 6.07) is 7.47. The molecule has 1 aromatic carbocycles. The van der Waals surface area contributed by atoms with Gasteiger partial charge in [-0.25, -0.2) is 0 Å². The molecular formula is C12H13BrClNO. The summed E-state index contributed by atoms with van der Waals surface area (Å²) in [5.74, 6) is 0.0875. The molecule has 2 nitrogen and oxygen atoms in total. The van der Waals surface area contributed by atoms with Crippen LogP contribution in [0.5, 0.6) is 0 Å². The number of benzene rings is 1. The second-order valence-electron chi connectivity index (χ2n) is 3.96. The molecule has 0 N–H and O–H groups in total. The Balaban J connectivity index is 2.18. The quantitative estimate of drug-likeness (QED) is 0.767. The summed E-state index contributed by atoms with van der Waals surface area (Å²) in [6.45, 7) is 0.849. The van der Waals surface area contributed by atoms with Gasteiger partial charge in [0.1, 0.15) is 0 Å². The van der Waals surface area contributed by atoms with E-state index in [2.05, 4.69) is 15.9 Å². The summed E-state index contributed by atoms with van der Waals surface area (Å²) >= 11 is 9.34. The van der Waals surface area contributed by atoms with E-state index < -0.39 is 0 Å². The maximum Gasteiger partial charge on any atom is 0.254 e. The van der Waals surface area contributed by atoms with E-state index in [1.807, 2.05) is 17.0 Å². The van der Waals surface area contributed by atoms with Crippen molar-refractivity contribution in [2.45, 2.75) is 18.9 Å². The minimum Gasteiger partial charge on any atom is -0.335 e. The van der Waals surface area contributed by atoms with Gasteiger partial charge in [-0.2, -0.15) is 0 Å². The standard InChI is InChI=1S/C12H13BrClNO/c13-8-11-5-2-6-15(11)12(16)9-3-1-4-10(14)7-9/h1,3-4,7,11H,2,5-6,8H2. The molecule has 1 amide bonds. The molecule has 1 aromatic rings. The highest BCUT2D eigenvalue weighted by molar-refractivity contribution is 9.09. The molecule has 0 saturated carbocycles. The zero-order chi connectivity index (χ0) is 11.5. The highest BCUT2D eigenvalue weighted by atomic mass is 79.9. The van der Waals surface area contributed by atoms with E-state index in [0.717, 1.165) is 24.7 Å². The zero-order valence-corrected chi connectivity index (χ0v) is 11.2. The van der Waals surface area contributed by atoms with Gasteiger partial charge in [-0.15, -0.1) is 0 Å². The van der Waals surface area contributed by atoms with Gasteiger partial charge in [-0.05, 0) is 31.0 Å². The van der Waals surface area contributed by atoms with Crippen LogP contribution >= 0.6 is 27.5 Å². The molecule has 4 heteroatoms. The number of carbonyl (C=O) groups is 1. The molecule has 1 fully saturated rings. The molecular weight excluding hydrogens is 289 g/mol. The van der Waals surface area contributed by atoms with Crippen molar-refractivity contribution in [2.75, 3.05) is 11.9 Å². The predicted octanol–water partition coefficient (Wildman–Crippen LogP) is 3.34. The van der Waals surface area contributed by atoms with Crippen molar-refractivity contribution in [3.8, 4) is 0 Å². The summed E-state index contributed by atoms with van der Waals surface area (Å²) < 4.78 is 0. The molecule has 86 valence electrons. The summed E-state index contributed by atoms with van der Waals surface area (Å²) in [7, 11) is 0. The topological polar surface area (TPSA) is 20.3 Å². The number of nitrogens with zero attached hydrogens (tertiary/aromatic N) is 1. The van der Waals surface area contributed by atoms with Crippen molar-refractivity contribution >= 4 is 33.4 Å². The average Bonchev–Trinajstić information content (AvgIpc) is 2.76. The third-order valence-corrected chi connectivity index (χ3v) is 3.87. The van der Waals surface area contributed by atoms with Crippen LogP contribution < -0.4 is 0 Å². The molecule has 0 bridgehead atoms. The van der Waals surface area contributed by atoms with Crippen LogP contribution in [0.3, 0.4) is 0 Å². The summed E-state index contributed by atoms with van der Waals surface area (Å²) in [6.07, 6.45) is 2.17. The lowest BCUT2D eigenvalue weighted by Crippen LogP contribution is -2.36. The number of carbonyl (C=O) groups excluding carboxylic acids is 1. The smallest absolute Gasteiger partial charge is 0.254 e. The van der Waals surface area contributed by atoms with E-state index in [9.17, 15) is 4.79 Å². The molecule has 1 unspecified atom stereocenters. The number of halogens is 2. The molecule has 1 atom stereocenters. The fourth-order valence-electron chi connectivity index (χ4n) is 2.05. The maximum atomic E-state index is 12.2. The van der Waals surface area contributed by atoms with E-state index in [0.29, 0.717) is 16.6 Å². The molecule has 1 heterocycles. The molecule has 2 rings (SSSR count). The van der Waals surface area contributed by atoms with Gasteiger partial charge in [0, 0.05) is 28.5 Å². The molecule has 1 aliphatic heterocycles. The number of hydrogen-bond acceptors (Lipinski definition) is 1. The Morgan fingerprint density at radius 2 is 2.38 bits per heavy atom. The van der Waals surface area contributed by atoms with Crippen LogP contribution in [0.2, 0.25) is 5.02 Å². The summed E-state index contributed by atoms with van der Waals surface area (Å²) in [5.41, 5.74) is 0.681. The van der Waals surface area contributed by atoms with E-state index in [-0.39, 0.29) is 5.91 Å². The Morgan fingerprint density at radius 3 is 3.06 bits per heavy atom. The first-order valence-electron chi connectivity index (χ1n) is 5.35. The Hall–Kier alpha value is -0.540. The van der Waals surface area contributed by atoms with Gasteiger partial charge in [0.2, 0.25) is 0 Å². The van der Waals surface area contributed by atoms with Gasteiger partial charge >= 0.3 is 0 Å². The van der Waals surface area contributed by atoms with Crippen LogP contribution in [-0.4, -0.2) is 28.7 Å². The van der Waals surface area contributed by atoms with Gasteiger partial charge in [-0.3, -0.25) is 4.79 Å². The van der Waals surface area contributed by atoms with Crippen LogP contribution in [0.4, 0.5) is 0 Å². The Kier molecular flexibility index (Phi) is 3.87. The second-order valence-corrected chi connectivity index (χ2v) is 5.04. The van der Waals surface area contributed by atoms with Crippen LogP contribution in [-0.2, 0) is 0 Å². The SMILES string of the molecule is O=C(c1cccc(Cl)c1)N1CCCC1CBr. The first-order valence-corrected chi connectivity index (χ1v) is 6.85. The van der Waals surface area contributed by atoms with Crippen LogP contribution in [0.1, 0.15) is 23.2 Å².